The molecule has 0 saturated carbocycles. The second-order valence-electron chi connectivity index (χ2n) is 2.77. The lowest BCUT2D eigenvalue weighted by Gasteiger charge is -2.06. The summed E-state index contributed by atoms with van der Waals surface area (Å²) in [6, 6.07) is 3.56. The first-order valence-corrected chi connectivity index (χ1v) is 4.48. The van der Waals surface area contributed by atoms with E-state index >= 15 is 0 Å². The Kier molecular flexibility index (Phi) is 4.67. The minimum absolute atomic E-state index is 0.141. The molecule has 5 heteroatoms. The topological polar surface area (TPSA) is 29.5 Å². The van der Waals surface area contributed by atoms with Crippen LogP contribution in [-0.2, 0) is 0 Å². The summed E-state index contributed by atoms with van der Waals surface area (Å²) in [7, 11) is 0. The van der Waals surface area contributed by atoms with Crippen molar-refractivity contribution in [2.45, 2.75) is 13.0 Å². The monoisotopic (exact) mass is 230 g/mol. The molecule has 0 unspecified atom stereocenters. The average Bonchev–Trinajstić information content (AvgIpc) is 2.21. The van der Waals surface area contributed by atoms with Crippen LogP contribution in [0, 0.1) is 17.7 Å². The second kappa shape index (κ2) is 6.03. The molecule has 0 heterocycles. The van der Waals surface area contributed by atoms with Crippen molar-refractivity contribution in [3.05, 3.63) is 29.6 Å². The highest BCUT2D eigenvalue weighted by atomic mass is 19.3. The Balaban J connectivity index is 3.00. The van der Waals surface area contributed by atoms with E-state index in [4.69, 9.17) is 5.11 Å². The van der Waals surface area contributed by atoms with Crippen molar-refractivity contribution in [1.82, 2.24) is 0 Å². The first-order chi connectivity index (χ1) is 7.65. The van der Waals surface area contributed by atoms with Crippen molar-refractivity contribution in [3.8, 4) is 17.6 Å². The van der Waals surface area contributed by atoms with Crippen molar-refractivity contribution in [3.63, 3.8) is 0 Å². The summed E-state index contributed by atoms with van der Waals surface area (Å²) in [4.78, 5) is 0. The lowest BCUT2D eigenvalue weighted by molar-refractivity contribution is -0.0501. The molecule has 1 N–H and O–H groups in total. The second-order valence-corrected chi connectivity index (χ2v) is 2.77. The van der Waals surface area contributed by atoms with Gasteiger partial charge in [0.2, 0.25) is 0 Å². The van der Waals surface area contributed by atoms with Crippen LogP contribution in [-0.4, -0.2) is 18.3 Å². The third kappa shape index (κ3) is 3.48. The molecule has 1 aromatic carbocycles. The van der Waals surface area contributed by atoms with Crippen LogP contribution < -0.4 is 4.74 Å². The molecule has 0 radical (unpaired) electrons. The minimum Gasteiger partial charge on any atom is -0.433 e. The Labute approximate surface area is 90.7 Å². The molecule has 16 heavy (non-hydrogen) atoms. The molecule has 0 aliphatic rings. The largest absolute Gasteiger partial charge is 0.433 e. The van der Waals surface area contributed by atoms with Gasteiger partial charge in [0, 0.05) is 6.42 Å². The van der Waals surface area contributed by atoms with E-state index in [1.165, 1.54) is 12.1 Å². The SMILES string of the molecule is OCCC#Cc1c(F)cccc1OC(F)F. The molecule has 1 rings (SSSR count). The summed E-state index contributed by atoms with van der Waals surface area (Å²) < 4.78 is 41.3. The summed E-state index contributed by atoms with van der Waals surface area (Å²) in [6.07, 6.45) is 0.141. The third-order valence-corrected chi connectivity index (χ3v) is 1.64. The zero-order chi connectivity index (χ0) is 12.0. The van der Waals surface area contributed by atoms with Crippen LogP contribution in [0.15, 0.2) is 18.2 Å². The lowest BCUT2D eigenvalue weighted by atomic mass is 10.2. The number of rotatable bonds is 3. The van der Waals surface area contributed by atoms with Crippen LogP contribution in [0.3, 0.4) is 0 Å². The maximum atomic E-state index is 13.2. The predicted octanol–water partition coefficient (Wildman–Crippen LogP) is 2.16. The first kappa shape index (κ1) is 12.4. The lowest BCUT2D eigenvalue weighted by Crippen LogP contribution is -2.04. The molecule has 0 fully saturated rings. The Bertz CT molecular complexity index is 407. The number of benzene rings is 1. The molecule has 0 aromatic heterocycles. The Hall–Kier alpha value is -1.67. The standard InChI is InChI=1S/C11H9F3O2/c12-9-5-3-6-10(16-11(13)14)8(9)4-1-2-7-15/h3,5-6,11,15H,2,7H2. The van der Waals surface area contributed by atoms with Gasteiger partial charge in [0.05, 0.1) is 6.61 Å². The fourth-order valence-electron chi connectivity index (χ4n) is 1.03. The first-order valence-electron chi connectivity index (χ1n) is 4.48. The van der Waals surface area contributed by atoms with E-state index in [1.54, 1.807) is 0 Å². The predicted molar refractivity (Wildman–Crippen MR) is 51.6 cm³/mol. The number of alkyl halides is 2. The van der Waals surface area contributed by atoms with Gasteiger partial charge in [0.1, 0.15) is 17.1 Å². The highest BCUT2D eigenvalue weighted by molar-refractivity contribution is 5.47. The van der Waals surface area contributed by atoms with Gasteiger partial charge < -0.3 is 9.84 Å². The number of ether oxygens (including phenoxy) is 1. The van der Waals surface area contributed by atoms with Crippen molar-refractivity contribution < 1.29 is 23.0 Å². The number of halogens is 3. The quantitative estimate of drug-likeness (QED) is 0.806. The Morgan fingerprint density at radius 3 is 2.75 bits per heavy atom. The van der Waals surface area contributed by atoms with Crippen LogP contribution in [0.25, 0.3) is 0 Å². The summed E-state index contributed by atoms with van der Waals surface area (Å²) in [5.74, 6) is 3.75. The maximum absolute atomic E-state index is 13.2. The zero-order valence-corrected chi connectivity index (χ0v) is 8.21. The maximum Gasteiger partial charge on any atom is 0.387 e. The van der Waals surface area contributed by atoms with Gasteiger partial charge in [-0.2, -0.15) is 8.78 Å². The molecule has 0 spiro atoms. The minimum atomic E-state index is -3.03. The molecule has 0 aliphatic carbocycles. The third-order valence-electron chi connectivity index (χ3n) is 1.64. The summed E-state index contributed by atoms with van der Waals surface area (Å²) in [6.45, 7) is -3.20. The fourth-order valence-corrected chi connectivity index (χ4v) is 1.03. The molecular weight excluding hydrogens is 221 g/mol. The average molecular weight is 230 g/mol. The van der Waals surface area contributed by atoms with Gasteiger partial charge >= 0.3 is 6.61 Å². The van der Waals surface area contributed by atoms with Crippen LogP contribution >= 0.6 is 0 Å². The summed E-state index contributed by atoms with van der Waals surface area (Å²) in [5.41, 5.74) is -0.226. The molecule has 0 bridgehead atoms. The van der Waals surface area contributed by atoms with E-state index in [2.05, 4.69) is 16.6 Å². The molecular formula is C11H9F3O2. The van der Waals surface area contributed by atoms with Gasteiger partial charge in [0.25, 0.3) is 0 Å². The molecule has 2 nitrogen and oxygen atoms in total. The fraction of sp³-hybridized carbons (Fsp3) is 0.273. The number of aliphatic hydroxyl groups excluding tert-OH is 1. The van der Waals surface area contributed by atoms with E-state index < -0.39 is 12.4 Å². The van der Waals surface area contributed by atoms with E-state index in [0.29, 0.717) is 0 Å². The van der Waals surface area contributed by atoms with Gasteiger partial charge in [-0.1, -0.05) is 17.9 Å². The Morgan fingerprint density at radius 1 is 1.38 bits per heavy atom. The van der Waals surface area contributed by atoms with Crippen LogP contribution in [0.1, 0.15) is 12.0 Å². The van der Waals surface area contributed by atoms with Crippen molar-refractivity contribution in [1.29, 1.82) is 0 Å². The van der Waals surface area contributed by atoms with Gasteiger partial charge in [-0.05, 0) is 12.1 Å². The van der Waals surface area contributed by atoms with Crippen molar-refractivity contribution in [2.75, 3.05) is 6.61 Å². The molecule has 1 aromatic rings. The van der Waals surface area contributed by atoms with E-state index in [0.717, 1.165) is 6.07 Å². The van der Waals surface area contributed by atoms with Crippen LogP contribution in [0.2, 0.25) is 0 Å². The van der Waals surface area contributed by atoms with E-state index in [1.807, 2.05) is 0 Å². The van der Waals surface area contributed by atoms with Crippen LogP contribution in [0.5, 0.6) is 5.75 Å². The van der Waals surface area contributed by atoms with Crippen LogP contribution in [0.4, 0.5) is 13.2 Å². The number of aliphatic hydroxyl groups is 1. The number of hydrogen-bond acceptors (Lipinski definition) is 2. The summed E-state index contributed by atoms with van der Waals surface area (Å²) in [5, 5.41) is 8.48. The van der Waals surface area contributed by atoms with Crippen molar-refractivity contribution in [2.24, 2.45) is 0 Å². The van der Waals surface area contributed by atoms with E-state index in [9.17, 15) is 13.2 Å². The molecule has 86 valence electrons. The van der Waals surface area contributed by atoms with Gasteiger partial charge in [-0.3, -0.25) is 0 Å². The van der Waals surface area contributed by atoms with Gasteiger partial charge in [0.15, 0.2) is 0 Å². The Morgan fingerprint density at radius 2 is 2.12 bits per heavy atom. The molecule has 0 saturated heterocycles. The molecule has 0 amide bonds. The van der Waals surface area contributed by atoms with Crippen molar-refractivity contribution >= 4 is 0 Å². The molecule has 0 aliphatic heterocycles. The van der Waals surface area contributed by atoms with Gasteiger partial charge in [-0.25, -0.2) is 4.39 Å². The van der Waals surface area contributed by atoms with E-state index in [-0.39, 0.29) is 24.3 Å². The smallest absolute Gasteiger partial charge is 0.387 e. The van der Waals surface area contributed by atoms with Gasteiger partial charge in [-0.15, -0.1) is 0 Å². The normalized spacial score (nSPS) is 9.81. The number of hydrogen-bond donors (Lipinski definition) is 1. The molecule has 0 atom stereocenters. The highest BCUT2D eigenvalue weighted by Gasteiger charge is 2.11. The zero-order valence-electron chi connectivity index (χ0n) is 8.21. The highest BCUT2D eigenvalue weighted by Crippen LogP contribution is 2.22. The summed E-state index contributed by atoms with van der Waals surface area (Å²) >= 11 is 0.